The van der Waals surface area contributed by atoms with Crippen LogP contribution in [0.5, 0.6) is 0 Å². The van der Waals surface area contributed by atoms with Crippen LogP contribution in [0.3, 0.4) is 0 Å². The third-order valence-electron chi connectivity index (χ3n) is 5.70. The number of amides is 3. The van der Waals surface area contributed by atoms with Crippen LogP contribution < -0.4 is 16.0 Å². The van der Waals surface area contributed by atoms with E-state index < -0.39 is 0 Å². The van der Waals surface area contributed by atoms with Crippen molar-refractivity contribution in [1.82, 2.24) is 10.2 Å². The van der Waals surface area contributed by atoms with Crippen molar-refractivity contribution < 1.29 is 14.4 Å². The van der Waals surface area contributed by atoms with Gasteiger partial charge < -0.3 is 20.9 Å². The predicted octanol–water partition coefficient (Wildman–Crippen LogP) is 3.90. The number of carbonyl (C=O) groups excluding carboxylic acids is 3. The molecule has 34 heavy (non-hydrogen) atoms. The molecule has 0 atom stereocenters. The highest BCUT2D eigenvalue weighted by Gasteiger charge is 2.19. The lowest BCUT2D eigenvalue weighted by Gasteiger charge is -2.15. The number of rotatable bonds is 8. The van der Waals surface area contributed by atoms with E-state index in [9.17, 15) is 14.4 Å². The van der Waals surface area contributed by atoms with E-state index in [1.54, 1.807) is 48.5 Å². The SMILES string of the molecule is O=C(CNc1ccc(C(=O)N2CCCC2)cc1)Nc1ccc(C(=O)NCc2ccccc2)cc1. The zero-order valence-corrected chi connectivity index (χ0v) is 18.9. The molecule has 0 bridgehead atoms. The molecule has 1 heterocycles. The third kappa shape index (κ3) is 6.22. The number of anilines is 2. The predicted molar refractivity (Wildman–Crippen MR) is 133 cm³/mol. The quantitative estimate of drug-likeness (QED) is 0.480. The summed E-state index contributed by atoms with van der Waals surface area (Å²) in [6.45, 7) is 2.17. The molecule has 0 spiro atoms. The molecule has 0 radical (unpaired) electrons. The van der Waals surface area contributed by atoms with Gasteiger partial charge in [0, 0.05) is 42.1 Å². The lowest BCUT2D eigenvalue weighted by molar-refractivity contribution is -0.114. The van der Waals surface area contributed by atoms with Crippen LogP contribution in [-0.4, -0.2) is 42.3 Å². The van der Waals surface area contributed by atoms with Crippen LogP contribution in [0.15, 0.2) is 78.9 Å². The van der Waals surface area contributed by atoms with E-state index in [0.717, 1.165) is 37.2 Å². The molecule has 1 saturated heterocycles. The fourth-order valence-electron chi connectivity index (χ4n) is 3.81. The fourth-order valence-corrected chi connectivity index (χ4v) is 3.81. The van der Waals surface area contributed by atoms with Gasteiger partial charge in [-0.15, -0.1) is 0 Å². The molecule has 1 aliphatic rings. The molecule has 0 saturated carbocycles. The maximum Gasteiger partial charge on any atom is 0.253 e. The van der Waals surface area contributed by atoms with Crippen LogP contribution in [0, 0.1) is 0 Å². The van der Waals surface area contributed by atoms with Crippen molar-refractivity contribution >= 4 is 29.1 Å². The average Bonchev–Trinajstić information content (AvgIpc) is 3.42. The minimum absolute atomic E-state index is 0.0546. The Morgan fingerprint density at radius 3 is 2.03 bits per heavy atom. The summed E-state index contributed by atoms with van der Waals surface area (Å²) in [4.78, 5) is 38.9. The molecule has 3 aromatic rings. The van der Waals surface area contributed by atoms with Crippen LogP contribution in [0.1, 0.15) is 39.1 Å². The first kappa shape index (κ1) is 23.0. The molecule has 3 amide bonds. The van der Waals surface area contributed by atoms with Gasteiger partial charge in [0.25, 0.3) is 11.8 Å². The fraction of sp³-hybridized carbons (Fsp3) is 0.222. The Kier molecular flexibility index (Phi) is 7.55. The van der Waals surface area contributed by atoms with E-state index >= 15 is 0 Å². The van der Waals surface area contributed by atoms with Crippen LogP contribution in [0.4, 0.5) is 11.4 Å². The van der Waals surface area contributed by atoms with Crippen molar-refractivity contribution in [3.63, 3.8) is 0 Å². The minimum Gasteiger partial charge on any atom is -0.376 e. The van der Waals surface area contributed by atoms with Gasteiger partial charge in [0.15, 0.2) is 0 Å². The van der Waals surface area contributed by atoms with Crippen LogP contribution in [0.25, 0.3) is 0 Å². The highest BCUT2D eigenvalue weighted by molar-refractivity contribution is 5.97. The molecule has 0 unspecified atom stereocenters. The maximum atomic E-state index is 12.4. The van der Waals surface area contributed by atoms with Crippen molar-refractivity contribution in [1.29, 1.82) is 0 Å². The number of nitrogens with zero attached hydrogens (tertiary/aromatic N) is 1. The summed E-state index contributed by atoms with van der Waals surface area (Å²) in [6.07, 6.45) is 2.12. The van der Waals surface area contributed by atoms with E-state index in [2.05, 4.69) is 16.0 Å². The van der Waals surface area contributed by atoms with Crippen LogP contribution in [0.2, 0.25) is 0 Å². The van der Waals surface area contributed by atoms with E-state index in [1.807, 2.05) is 35.2 Å². The summed E-state index contributed by atoms with van der Waals surface area (Å²) in [7, 11) is 0. The lowest BCUT2D eigenvalue weighted by atomic mass is 10.1. The first-order valence-corrected chi connectivity index (χ1v) is 11.4. The summed E-state index contributed by atoms with van der Waals surface area (Å²) in [6, 6.07) is 23.6. The molecule has 0 aromatic heterocycles. The Morgan fingerprint density at radius 2 is 1.35 bits per heavy atom. The molecule has 3 N–H and O–H groups in total. The molecule has 1 fully saturated rings. The zero-order chi connectivity index (χ0) is 23.8. The first-order valence-electron chi connectivity index (χ1n) is 11.4. The normalized spacial score (nSPS) is 12.8. The Bertz CT molecular complexity index is 1120. The number of hydrogen-bond acceptors (Lipinski definition) is 4. The first-order chi connectivity index (χ1) is 16.6. The second kappa shape index (κ2) is 11.1. The number of likely N-dealkylation sites (tertiary alicyclic amines) is 1. The molecule has 3 aromatic carbocycles. The van der Waals surface area contributed by atoms with Crippen molar-refractivity contribution in [2.24, 2.45) is 0 Å². The standard InChI is InChI=1S/C27H28N4O3/c32-25(19-28-23-12-10-22(11-13-23)27(34)31-16-4-5-17-31)30-24-14-8-21(9-15-24)26(33)29-18-20-6-2-1-3-7-20/h1-3,6-15,28H,4-5,16-19H2,(H,29,33)(H,30,32). The molecule has 0 aliphatic carbocycles. The van der Waals surface area contributed by atoms with Crippen molar-refractivity contribution in [3.8, 4) is 0 Å². The molecule has 4 rings (SSSR count). The number of carbonyl (C=O) groups is 3. The van der Waals surface area contributed by atoms with Gasteiger partial charge in [-0.1, -0.05) is 30.3 Å². The van der Waals surface area contributed by atoms with Crippen molar-refractivity contribution in [2.75, 3.05) is 30.3 Å². The molecular formula is C27H28N4O3. The zero-order valence-electron chi connectivity index (χ0n) is 18.9. The third-order valence-corrected chi connectivity index (χ3v) is 5.70. The largest absolute Gasteiger partial charge is 0.376 e. The monoisotopic (exact) mass is 456 g/mol. The van der Waals surface area contributed by atoms with Gasteiger partial charge in [0.1, 0.15) is 0 Å². The highest BCUT2D eigenvalue weighted by atomic mass is 16.2. The van der Waals surface area contributed by atoms with Gasteiger partial charge in [-0.3, -0.25) is 14.4 Å². The Hall–Kier alpha value is -4.13. The van der Waals surface area contributed by atoms with Gasteiger partial charge in [-0.2, -0.15) is 0 Å². The summed E-state index contributed by atoms with van der Waals surface area (Å²) in [5.41, 5.74) is 3.58. The van der Waals surface area contributed by atoms with Gasteiger partial charge in [0.05, 0.1) is 6.54 Å². The van der Waals surface area contributed by atoms with E-state index in [-0.39, 0.29) is 24.3 Å². The molecule has 7 heteroatoms. The Morgan fingerprint density at radius 1 is 0.735 bits per heavy atom. The second-order valence-electron chi connectivity index (χ2n) is 8.22. The topological polar surface area (TPSA) is 90.5 Å². The maximum absolute atomic E-state index is 12.4. The summed E-state index contributed by atoms with van der Waals surface area (Å²) < 4.78 is 0. The van der Waals surface area contributed by atoms with Gasteiger partial charge >= 0.3 is 0 Å². The van der Waals surface area contributed by atoms with Crippen LogP contribution >= 0.6 is 0 Å². The van der Waals surface area contributed by atoms with E-state index in [4.69, 9.17) is 0 Å². The summed E-state index contributed by atoms with van der Waals surface area (Å²) in [5.74, 6) is -0.326. The summed E-state index contributed by atoms with van der Waals surface area (Å²) in [5, 5.41) is 8.75. The number of nitrogens with one attached hydrogen (secondary N) is 3. The number of hydrogen-bond donors (Lipinski definition) is 3. The Balaban J connectivity index is 1.22. The minimum atomic E-state index is -0.210. The average molecular weight is 457 g/mol. The summed E-state index contributed by atoms with van der Waals surface area (Å²) >= 11 is 0. The Labute approximate surface area is 199 Å². The second-order valence-corrected chi connectivity index (χ2v) is 8.22. The van der Waals surface area contributed by atoms with E-state index in [0.29, 0.717) is 23.4 Å². The lowest BCUT2D eigenvalue weighted by Crippen LogP contribution is -2.27. The van der Waals surface area contributed by atoms with Gasteiger partial charge in [-0.25, -0.2) is 0 Å². The van der Waals surface area contributed by atoms with Crippen molar-refractivity contribution in [2.45, 2.75) is 19.4 Å². The highest BCUT2D eigenvalue weighted by Crippen LogP contribution is 2.16. The van der Waals surface area contributed by atoms with Crippen LogP contribution in [-0.2, 0) is 11.3 Å². The number of benzene rings is 3. The van der Waals surface area contributed by atoms with Crippen molar-refractivity contribution in [3.05, 3.63) is 95.6 Å². The van der Waals surface area contributed by atoms with Gasteiger partial charge in [0.2, 0.25) is 5.91 Å². The smallest absolute Gasteiger partial charge is 0.253 e. The molecule has 1 aliphatic heterocycles. The molecule has 174 valence electrons. The molecular weight excluding hydrogens is 428 g/mol. The van der Waals surface area contributed by atoms with E-state index in [1.165, 1.54) is 0 Å². The molecule has 7 nitrogen and oxygen atoms in total. The van der Waals surface area contributed by atoms with Gasteiger partial charge in [-0.05, 0) is 66.9 Å².